The van der Waals surface area contributed by atoms with Crippen LogP contribution < -0.4 is 0 Å². The Morgan fingerprint density at radius 2 is 1.53 bits per heavy atom. The summed E-state index contributed by atoms with van der Waals surface area (Å²) in [6.07, 6.45) is 0.436. The molecular weight excluding hydrogens is 303 g/mol. The Kier molecular flexibility index (Phi) is 4.87. The first-order valence-corrected chi connectivity index (χ1v) is 6.90. The molecule has 1 unspecified atom stereocenters. The SMILES string of the molecule is O=C(Cl)C(Cc1ccccc1Cl)c1ccccc1Cl. The van der Waals surface area contributed by atoms with Gasteiger partial charge in [-0.3, -0.25) is 4.79 Å². The van der Waals surface area contributed by atoms with Crippen LogP contribution in [-0.4, -0.2) is 5.24 Å². The maximum atomic E-state index is 11.7. The Morgan fingerprint density at radius 1 is 0.947 bits per heavy atom. The lowest BCUT2D eigenvalue weighted by atomic mass is 9.93. The minimum Gasteiger partial charge on any atom is -0.281 e. The molecule has 0 amide bonds. The molecule has 0 saturated heterocycles. The number of hydrogen-bond acceptors (Lipinski definition) is 1. The van der Waals surface area contributed by atoms with Crippen LogP contribution in [0.15, 0.2) is 48.5 Å². The summed E-state index contributed by atoms with van der Waals surface area (Å²) in [5.74, 6) is -0.490. The van der Waals surface area contributed by atoms with Crippen molar-refractivity contribution in [3.05, 3.63) is 69.7 Å². The quantitative estimate of drug-likeness (QED) is 0.719. The van der Waals surface area contributed by atoms with Crippen LogP contribution in [0.3, 0.4) is 0 Å². The molecule has 0 saturated carbocycles. The lowest BCUT2D eigenvalue weighted by Crippen LogP contribution is -2.11. The highest BCUT2D eigenvalue weighted by molar-refractivity contribution is 6.64. The molecule has 1 nitrogen and oxygen atoms in total. The van der Waals surface area contributed by atoms with Crippen LogP contribution in [0.1, 0.15) is 17.0 Å². The van der Waals surface area contributed by atoms with Crippen molar-refractivity contribution in [1.82, 2.24) is 0 Å². The molecule has 1 atom stereocenters. The fraction of sp³-hybridized carbons (Fsp3) is 0.133. The molecule has 2 aromatic rings. The predicted octanol–water partition coefficient (Wildman–Crippen LogP) is 5.09. The van der Waals surface area contributed by atoms with Gasteiger partial charge in [0.25, 0.3) is 0 Å². The first-order chi connectivity index (χ1) is 9.09. The van der Waals surface area contributed by atoms with Crippen LogP contribution in [-0.2, 0) is 11.2 Å². The Labute approximate surface area is 127 Å². The summed E-state index contributed by atoms with van der Waals surface area (Å²) in [7, 11) is 0. The third-order valence-electron chi connectivity index (χ3n) is 2.94. The van der Waals surface area contributed by atoms with Crippen LogP contribution in [0, 0.1) is 0 Å². The van der Waals surface area contributed by atoms with Crippen molar-refractivity contribution >= 4 is 40.0 Å². The van der Waals surface area contributed by atoms with Crippen molar-refractivity contribution in [3.63, 3.8) is 0 Å². The zero-order valence-corrected chi connectivity index (χ0v) is 12.2. The van der Waals surface area contributed by atoms with Crippen molar-refractivity contribution in [3.8, 4) is 0 Å². The Balaban J connectivity index is 2.35. The van der Waals surface area contributed by atoms with Gasteiger partial charge < -0.3 is 0 Å². The van der Waals surface area contributed by atoms with E-state index in [1.807, 2.05) is 36.4 Å². The first kappa shape index (κ1) is 14.4. The van der Waals surface area contributed by atoms with Gasteiger partial charge in [-0.15, -0.1) is 0 Å². The van der Waals surface area contributed by atoms with Crippen LogP contribution in [0.5, 0.6) is 0 Å². The van der Waals surface area contributed by atoms with Gasteiger partial charge in [0, 0.05) is 10.0 Å². The topological polar surface area (TPSA) is 17.1 Å². The van der Waals surface area contributed by atoms with Gasteiger partial charge in [0.1, 0.15) is 0 Å². The van der Waals surface area contributed by atoms with Crippen molar-refractivity contribution < 1.29 is 4.79 Å². The van der Waals surface area contributed by atoms with E-state index in [4.69, 9.17) is 34.8 Å². The van der Waals surface area contributed by atoms with Crippen molar-refractivity contribution in [1.29, 1.82) is 0 Å². The molecule has 0 bridgehead atoms. The number of rotatable bonds is 4. The molecule has 0 N–H and O–H groups in total. The molecule has 0 radical (unpaired) electrons. The molecule has 0 heterocycles. The van der Waals surface area contributed by atoms with Crippen molar-refractivity contribution in [2.75, 3.05) is 0 Å². The van der Waals surface area contributed by atoms with Crippen LogP contribution >= 0.6 is 34.8 Å². The molecule has 98 valence electrons. The molecule has 0 aliphatic carbocycles. The van der Waals surface area contributed by atoms with Gasteiger partial charge in [0.2, 0.25) is 5.24 Å². The second kappa shape index (κ2) is 6.42. The summed E-state index contributed by atoms with van der Waals surface area (Å²) in [5.41, 5.74) is 1.60. The summed E-state index contributed by atoms with van der Waals surface area (Å²) in [6, 6.07) is 14.6. The maximum absolute atomic E-state index is 11.7. The Hall–Kier alpha value is -1.02. The minimum absolute atomic E-state index is 0.436. The molecule has 19 heavy (non-hydrogen) atoms. The number of benzene rings is 2. The second-order valence-corrected chi connectivity index (χ2v) is 5.36. The van der Waals surface area contributed by atoms with E-state index in [9.17, 15) is 4.79 Å². The number of carbonyl (C=O) groups excluding carboxylic acids is 1. The van der Waals surface area contributed by atoms with E-state index < -0.39 is 11.2 Å². The van der Waals surface area contributed by atoms with Crippen LogP contribution in [0.2, 0.25) is 10.0 Å². The van der Waals surface area contributed by atoms with Gasteiger partial charge in [-0.1, -0.05) is 59.6 Å². The summed E-state index contributed by atoms with van der Waals surface area (Å²) < 4.78 is 0. The molecule has 4 heteroatoms. The highest BCUT2D eigenvalue weighted by atomic mass is 35.5. The molecule has 0 aliphatic heterocycles. The van der Waals surface area contributed by atoms with Gasteiger partial charge in [-0.25, -0.2) is 0 Å². The van der Waals surface area contributed by atoms with Crippen LogP contribution in [0.4, 0.5) is 0 Å². The maximum Gasteiger partial charge on any atom is 0.229 e. The van der Waals surface area contributed by atoms with Crippen molar-refractivity contribution in [2.24, 2.45) is 0 Å². The van der Waals surface area contributed by atoms with E-state index in [0.29, 0.717) is 16.5 Å². The van der Waals surface area contributed by atoms with Crippen molar-refractivity contribution in [2.45, 2.75) is 12.3 Å². The number of halogens is 3. The third kappa shape index (κ3) is 3.50. The van der Waals surface area contributed by atoms with E-state index in [-0.39, 0.29) is 0 Å². The summed E-state index contributed by atoms with van der Waals surface area (Å²) >= 11 is 18.0. The minimum atomic E-state index is -0.490. The normalized spacial score (nSPS) is 12.2. The van der Waals surface area contributed by atoms with E-state index >= 15 is 0 Å². The monoisotopic (exact) mass is 312 g/mol. The average molecular weight is 314 g/mol. The van der Waals surface area contributed by atoms with Gasteiger partial charge in [-0.05, 0) is 41.3 Å². The molecule has 2 aromatic carbocycles. The van der Waals surface area contributed by atoms with Gasteiger partial charge in [0.05, 0.1) is 5.92 Å². The lowest BCUT2D eigenvalue weighted by Gasteiger charge is -2.15. The second-order valence-electron chi connectivity index (χ2n) is 4.17. The average Bonchev–Trinajstić information content (AvgIpc) is 2.38. The Bertz CT molecular complexity index is 595. The van der Waals surface area contributed by atoms with E-state index in [0.717, 1.165) is 11.1 Å². The third-order valence-corrected chi connectivity index (χ3v) is 3.91. The van der Waals surface area contributed by atoms with Gasteiger partial charge >= 0.3 is 0 Å². The summed E-state index contributed by atoms with van der Waals surface area (Å²) in [5, 5.41) is 0.721. The van der Waals surface area contributed by atoms with E-state index in [1.54, 1.807) is 12.1 Å². The zero-order chi connectivity index (χ0) is 13.8. The molecule has 2 rings (SSSR count). The lowest BCUT2D eigenvalue weighted by molar-refractivity contribution is -0.113. The fourth-order valence-corrected chi connectivity index (χ4v) is 2.63. The van der Waals surface area contributed by atoms with E-state index in [1.165, 1.54) is 0 Å². The highest BCUT2D eigenvalue weighted by Crippen LogP contribution is 2.31. The number of carbonyl (C=O) groups is 1. The summed E-state index contributed by atoms with van der Waals surface area (Å²) in [6.45, 7) is 0. The van der Waals surface area contributed by atoms with Gasteiger partial charge in [-0.2, -0.15) is 0 Å². The predicted molar refractivity (Wildman–Crippen MR) is 80.2 cm³/mol. The standard InChI is InChI=1S/C15H11Cl3O/c16-13-7-3-1-5-10(13)9-12(15(18)19)11-6-2-4-8-14(11)17/h1-8,12H,9H2. The Morgan fingerprint density at radius 3 is 2.11 bits per heavy atom. The smallest absolute Gasteiger partial charge is 0.229 e. The molecule has 0 spiro atoms. The first-order valence-electron chi connectivity index (χ1n) is 5.76. The zero-order valence-electron chi connectivity index (χ0n) is 9.95. The molecule has 0 fully saturated rings. The highest BCUT2D eigenvalue weighted by Gasteiger charge is 2.22. The summed E-state index contributed by atoms with van der Waals surface area (Å²) in [4.78, 5) is 11.7. The van der Waals surface area contributed by atoms with Crippen LogP contribution in [0.25, 0.3) is 0 Å². The molecule has 0 aliphatic rings. The largest absolute Gasteiger partial charge is 0.281 e. The molecule has 0 aromatic heterocycles. The molecular formula is C15H11Cl3O. The van der Waals surface area contributed by atoms with E-state index in [2.05, 4.69) is 0 Å². The fourth-order valence-electron chi connectivity index (χ4n) is 1.95. The van der Waals surface area contributed by atoms with Gasteiger partial charge in [0.15, 0.2) is 0 Å². The number of hydrogen-bond donors (Lipinski definition) is 0.